The molecular formula is C22H17F3NO5S-. The summed E-state index contributed by atoms with van der Waals surface area (Å²) in [5.41, 5.74) is 1.16. The zero-order valence-corrected chi connectivity index (χ0v) is 17.3. The lowest BCUT2D eigenvalue weighted by Crippen LogP contribution is -2.30. The van der Waals surface area contributed by atoms with Crippen molar-refractivity contribution in [1.29, 1.82) is 0 Å². The van der Waals surface area contributed by atoms with Crippen LogP contribution in [0.4, 0.5) is 13.2 Å². The lowest BCUT2D eigenvalue weighted by atomic mass is 10.1. The van der Waals surface area contributed by atoms with Crippen molar-refractivity contribution >= 4 is 16.0 Å². The number of carbonyl (C=O) groups is 1. The van der Waals surface area contributed by atoms with Crippen LogP contribution in [0.25, 0.3) is 0 Å². The van der Waals surface area contributed by atoms with E-state index in [1.54, 1.807) is 30.3 Å². The van der Waals surface area contributed by atoms with Crippen molar-refractivity contribution in [3.05, 3.63) is 95.6 Å². The number of carbonyl (C=O) groups excluding carboxylic acids is 1. The minimum absolute atomic E-state index is 0.00772. The first-order valence-electron chi connectivity index (χ1n) is 9.25. The van der Waals surface area contributed by atoms with E-state index in [0.717, 1.165) is 28.6 Å². The average molecular weight is 464 g/mol. The SMILES string of the molecule is O=C([O-])c1ccc(CN(Cc2ccccc2)S(=O)(=O)c2ccc(OC(F)(F)F)cc2)cc1. The first-order chi connectivity index (χ1) is 15.0. The van der Waals surface area contributed by atoms with Crippen LogP contribution in [0.5, 0.6) is 5.75 Å². The van der Waals surface area contributed by atoms with E-state index < -0.39 is 28.1 Å². The molecule has 3 rings (SSSR count). The highest BCUT2D eigenvalue weighted by Gasteiger charge is 2.31. The van der Waals surface area contributed by atoms with Gasteiger partial charge in [0.2, 0.25) is 10.0 Å². The van der Waals surface area contributed by atoms with Crippen molar-refractivity contribution < 1.29 is 36.2 Å². The molecule has 0 amide bonds. The number of benzene rings is 3. The Labute approximate surface area is 182 Å². The molecule has 0 atom stereocenters. The van der Waals surface area contributed by atoms with Gasteiger partial charge in [-0.15, -0.1) is 13.2 Å². The predicted octanol–water partition coefficient (Wildman–Crippen LogP) is 3.34. The summed E-state index contributed by atoms with van der Waals surface area (Å²) < 4.78 is 68.6. The van der Waals surface area contributed by atoms with Crippen molar-refractivity contribution in [2.24, 2.45) is 0 Å². The van der Waals surface area contributed by atoms with Gasteiger partial charge in [-0.05, 0) is 41.0 Å². The Morgan fingerprint density at radius 1 is 0.844 bits per heavy atom. The first kappa shape index (κ1) is 23.3. The van der Waals surface area contributed by atoms with Gasteiger partial charge in [-0.1, -0.05) is 54.6 Å². The van der Waals surface area contributed by atoms with E-state index in [9.17, 15) is 31.5 Å². The number of sulfonamides is 1. The summed E-state index contributed by atoms with van der Waals surface area (Å²) in [7, 11) is -4.12. The van der Waals surface area contributed by atoms with Crippen molar-refractivity contribution in [1.82, 2.24) is 4.31 Å². The van der Waals surface area contributed by atoms with E-state index >= 15 is 0 Å². The summed E-state index contributed by atoms with van der Waals surface area (Å²) in [6.07, 6.45) is -4.89. The van der Waals surface area contributed by atoms with Gasteiger partial charge in [0.1, 0.15) is 5.75 Å². The summed E-state index contributed by atoms with van der Waals surface area (Å²) in [6, 6.07) is 18.2. The molecule has 0 N–H and O–H groups in total. The normalized spacial score (nSPS) is 12.0. The molecule has 168 valence electrons. The van der Waals surface area contributed by atoms with Gasteiger partial charge in [0, 0.05) is 13.1 Å². The molecule has 0 heterocycles. The van der Waals surface area contributed by atoms with Gasteiger partial charge in [0.25, 0.3) is 0 Å². The summed E-state index contributed by atoms with van der Waals surface area (Å²) >= 11 is 0. The molecule has 0 aliphatic carbocycles. The maximum absolute atomic E-state index is 13.3. The number of halogens is 3. The number of alkyl halides is 3. The lowest BCUT2D eigenvalue weighted by molar-refractivity contribution is -0.274. The maximum atomic E-state index is 13.3. The molecule has 10 heteroatoms. The van der Waals surface area contributed by atoms with Crippen LogP contribution in [0.1, 0.15) is 21.5 Å². The van der Waals surface area contributed by atoms with Gasteiger partial charge < -0.3 is 14.6 Å². The number of hydrogen-bond donors (Lipinski definition) is 0. The van der Waals surface area contributed by atoms with Crippen molar-refractivity contribution in [2.75, 3.05) is 0 Å². The maximum Gasteiger partial charge on any atom is 0.573 e. The van der Waals surface area contributed by atoms with Crippen LogP contribution in [-0.2, 0) is 23.1 Å². The summed E-state index contributed by atoms with van der Waals surface area (Å²) in [6.45, 7) is -0.0996. The van der Waals surface area contributed by atoms with E-state index in [1.807, 2.05) is 0 Å². The zero-order valence-electron chi connectivity index (χ0n) is 16.5. The Hall–Kier alpha value is -3.37. The number of carboxylic acids is 1. The first-order valence-corrected chi connectivity index (χ1v) is 10.7. The van der Waals surface area contributed by atoms with E-state index in [1.165, 1.54) is 24.3 Å². The van der Waals surface area contributed by atoms with Crippen LogP contribution in [0.2, 0.25) is 0 Å². The number of hydrogen-bond acceptors (Lipinski definition) is 5. The molecule has 0 spiro atoms. The molecule has 32 heavy (non-hydrogen) atoms. The fourth-order valence-electron chi connectivity index (χ4n) is 2.93. The number of carboxylic acid groups (broad SMARTS) is 1. The monoisotopic (exact) mass is 464 g/mol. The molecule has 0 aliphatic heterocycles. The largest absolute Gasteiger partial charge is 0.573 e. The van der Waals surface area contributed by atoms with Gasteiger partial charge in [-0.3, -0.25) is 0 Å². The minimum Gasteiger partial charge on any atom is -0.545 e. The molecule has 3 aromatic carbocycles. The van der Waals surface area contributed by atoms with Crippen molar-refractivity contribution in [2.45, 2.75) is 24.3 Å². The number of ether oxygens (including phenoxy) is 1. The molecular weight excluding hydrogens is 447 g/mol. The third-order valence-corrected chi connectivity index (χ3v) is 6.25. The van der Waals surface area contributed by atoms with Crippen LogP contribution < -0.4 is 9.84 Å². The van der Waals surface area contributed by atoms with E-state index in [4.69, 9.17) is 0 Å². The van der Waals surface area contributed by atoms with Crippen molar-refractivity contribution in [3.63, 3.8) is 0 Å². The lowest BCUT2D eigenvalue weighted by Gasteiger charge is -2.23. The van der Waals surface area contributed by atoms with Crippen LogP contribution in [0, 0.1) is 0 Å². The van der Waals surface area contributed by atoms with Crippen molar-refractivity contribution in [3.8, 4) is 5.75 Å². The van der Waals surface area contributed by atoms with Crippen LogP contribution in [0.15, 0.2) is 83.8 Å². The minimum atomic E-state index is -4.89. The third-order valence-electron chi connectivity index (χ3n) is 4.45. The smallest absolute Gasteiger partial charge is 0.545 e. The highest BCUT2D eigenvalue weighted by molar-refractivity contribution is 7.89. The topological polar surface area (TPSA) is 86.7 Å². The van der Waals surface area contributed by atoms with Gasteiger partial charge in [0.15, 0.2) is 0 Å². The van der Waals surface area contributed by atoms with E-state index in [-0.39, 0.29) is 23.5 Å². The highest BCUT2D eigenvalue weighted by atomic mass is 32.2. The Bertz CT molecular complexity index is 1160. The van der Waals surface area contributed by atoms with E-state index in [0.29, 0.717) is 11.1 Å². The molecule has 6 nitrogen and oxygen atoms in total. The molecule has 0 fully saturated rings. The van der Waals surface area contributed by atoms with Crippen LogP contribution in [0.3, 0.4) is 0 Å². The average Bonchev–Trinajstić information content (AvgIpc) is 2.73. The Morgan fingerprint density at radius 3 is 1.88 bits per heavy atom. The van der Waals surface area contributed by atoms with E-state index in [2.05, 4.69) is 4.74 Å². The predicted molar refractivity (Wildman–Crippen MR) is 107 cm³/mol. The highest BCUT2D eigenvalue weighted by Crippen LogP contribution is 2.26. The second-order valence-corrected chi connectivity index (χ2v) is 8.70. The second kappa shape index (κ2) is 9.41. The fourth-order valence-corrected chi connectivity index (χ4v) is 4.34. The second-order valence-electron chi connectivity index (χ2n) is 6.76. The molecule has 0 unspecified atom stereocenters. The summed E-state index contributed by atoms with van der Waals surface area (Å²) in [5.74, 6) is -1.89. The molecule has 0 aromatic heterocycles. The molecule has 0 aliphatic rings. The van der Waals surface area contributed by atoms with Crippen LogP contribution >= 0.6 is 0 Å². The molecule has 0 bridgehead atoms. The van der Waals surface area contributed by atoms with Gasteiger partial charge >= 0.3 is 6.36 Å². The summed E-state index contributed by atoms with van der Waals surface area (Å²) in [4.78, 5) is 10.7. The number of nitrogens with zero attached hydrogens (tertiary/aromatic N) is 1. The Kier molecular flexibility index (Phi) is 6.85. The zero-order chi connectivity index (χ0) is 23.4. The molecule has 0 saturated carbocycles. The molecule has 0 radical (unpaired) electrons. The molecule has 3 aromatic rings. The third kappa shape index (κ3) is 6.08. The Morgan fingerprint density at radius 2 is 1.38 bits per heavy atom. The number of rotatable bonds is 8. The standard InChI is InChI=1S/C22H18F3NO5S/c23-22(24,25)31-19-10-12-20(13-11-19)32(29,30)26(14-16-4-2-1-3-5-16)15-17-6-8-18(9-7-17)21(27)28/h1-13H,14-15H2,(H,27,28)/p-1. The van der Waals surface area contributed by atoms with Gasteiger partial charge in [-0.25, -0.2) is 8.42 Å². The fraction of sp³-hybridized carbons (Fsp3) is 0.136. The number of aromatic carboxylic acids is 1. The van der Waals surface area contributed by atoms with Gasteiger partial charge in [0.05, 0.1) is 10.9 Å². The quantitative estimate of drug-likeness (QED) is 0.510. The van der Waals surface area contributed by atoms with Gasteiger partial charge in [-0.2, -0.15) is 4.31 Å². The molecule has 0 saturated heterocycles. The Balaban J connectivity index is 1.91. The summed E-state index contributed by atoms with van der Waals surface area (Å²) in [5, 5.41) is 10.9. The van der Waals surface area contributed by atoms with Crippen LogP contribution in [-0.4, -0.2) is 25.1 Å².